The van der Waals surface area contributed by atoms with Crippen LogP contribution in [0.4, 0.5) is 0 Å². The molecule has 384 valence electrons. The lowest BCUT2D eigenvalue weighted by molar-refractivity contribution is -0.143. The van der Waals surface area contributed by atoms with Gasteiger partial charge in [-0.3, -0.25) is 9.59 Å². The quantitative estimate of drug-likeness (QED) is 0.0321. The van der Waals surface area contributed by atoms with E-state index in [1.165, 1.54) is 212 Å². The molecule has 0 aromatic heterocycles. The van der Waals surface area contributed by atoms with Gasteiger partial charge >= 0.3 is 5.97 Å². The highest BCUT2D eigenvalue weighted by atomic mass is 16.5. The van der Waals surface area contributed by atoms with Gasteiger partial charge in [-0.1, -0.05) is 276 Å². The summed E-state index contributed by atoms with van der Waals surface area (Å²) in [7, 11) is 0. The highest BCUT2D eigenvalue weighted by molar-refractivity contribution is 5.76. The van der Waals surface area contributed by atoms with Crippen molar-refractivity contribution in [2.45, 2.75) is 328 Å². The first-order chi connectivity index (χ1) is 32.0. The number of aliphatic hydroxyl groups excluding tert-OH is 2. The Morgan fingerprint density at radius 2 is 0.785 bits per heavy atom. The van der Waals surface area contributed by atoms with Crippen molar-refractivity contribution in [2.75, 3.05) is 13.2 Å². The van der Waals surface area contributed by atoms with Crippen molar-refractivity contribution in [1.82, 2.24) is 5.32 Å². The Morgan fingerprint density at radius 3 is 1.22 bits per heavy atom. The normalized spacial score (nSPS) is 12.7. The first-order valence-electron chi connectivity index (χ1n) is 29.1. The van der Waals surface area contributed by atoms with Crippen LogP contribution in [0.3, 0.4) is 0 Å². The van der Waals surface area contributed by atoms with Crippen LogP contribution in [-0.2, 0) is 14.3 Å². The first-order valence-corrected chi connectivity index (χ1v) is 29.1. The minimum Gasteiger partial charge on any atom is -0.466 e. The third-order valence-corrected chi connectivity index (χ3v) is 13.5. The summed E-state index contributed by atoms with van der Waals surface area (Å²) < 4.78 is 5.46. The summed E-state index contributed by atoms with van der Waals surface area (Å²) >= 11 is 0. The van der Waals surface area contributed by atoms with Gasteiger partial charge in [0.25, 0.3) is 0 Å². The molecule has 0 aliphatic rings. The van der Waals surface area contributed by atoms with E-state index in [0.29, 0.717) is 25.9 Å². The van der Waals surface area contributed by atoms with Crippen LogP contribution in [0.2, 0.25) is 0 Å². The van der Waals surface area contributed by atoms with E-state index in [1.807, 2.05) is 0 Å². The average molecular weight is 917 g/mol. The number of rotatable bonds is 54. The lowest BCUT2D eigenvalue weighted by Crippen LogP contribution is -2.45. The second kappa shape index (κ2) is 54.9. The van der Waals surface area contributed by atoms with Crippen molar-refractivity contribution >= 4 is 11.9 Å². The minimum absolute atomic E-state index is 0.0230. The number of nitrogens with one attached hydrogen (secondary N) is 1. The Bertz CT molecular complexity index is 1010. The Morgan fingerprint density at radius 1 is 0.431 bits per heavy atom. The second-order valence-electron chi connectivity index (χ2n) is 20.0. The molecular weight excluding hydrogens is 803 g/mol. The number of hydrogen-bond acceptors (Lipinski definition) is 5. The number of ether oxygens (including phenoxy) is 1. The number of esters is 1. The number of hydrogen-bond donors (Lipinski definition) is 3. The van der Waals surface area contributed by atoms with Crippen LogP contribution >= 0.6 is 0 Å². The summed E-state index contributed by atoms with van der Waals surface area (Å²) in [6.07, 6.45) is 65.9. The molecule has 0 bridgehead atoms. The number of carbonyl (C=O) groups is 2. The van der Waals surface area contributed by atoms with Gasteiger partial charge in [0.15, 0.2) is 0 Å². The molecular formula is C59H113NO5. The molecule has 0 saturated heterocycles. The van der Waals surface area contributed by atoms with Gasteiger partial charge in [-0.2, -0.15) is 0 Å². The predicted molar refractivity (Wildman–Crippen MR) is 283 cm³/mol. The van der Waals surface area contributed by atoms with E-state index < -0.39 is 12.1 Å². The van der Waals surface area contributed by atoms with Crippen LogP contribution in [0.15, 0.2) is 24.3 Å². The van der Waals surface area contributed by atoms with Gasteiger partial charge in [0, 0.05) is 12.8 Å². The van der Waals surface area contributed by atoms with Gasteiger partial charge in [0.05, 0.1) is 25.4 Å². The van der Waals surface area contributed by atoms with E-state index in [0.717, 1.165) is 70.6 Å². The fourth-order valence-electron chi connectivity index (χ4n) is 9.01. The fourth-order valence-corrected chi connectivity index (χ4v) is 9.01. The predicted octanol–water partition coefficient (Wildman–Crippen LogP) is 17.9. The average Bonchev–Trinajstić information content (AvgIpc) is 3.31. The molecule has 2 unspecified atom stereocenters. The lowest BCUT2D eigenvalue weighted by atomic mass is 10.0. The molecule has 2 atom stereocenters. The van der Waals surface area contributed by atoms with Gasteiger partial charge in [0.1, 0.15) is 0 Å². The van der Waals surface area contributed by atoms with Crippen molar-refractivity contribution in [3.8, 4) is 0 Å². The van der Waals surface area contributed by atoms with Crippen molar-refractivity contribution in [1.29, 1.82) is 0 Å². The van der Waals surface area contributed by atoms with Crippen LogP contribution < -0.4 is 5.32 Å². The van der Waals surface area contributed by atoms with E-state index in [1.54, 1.807) is 0 Å². The molecule has 0 aliphatic carbocycles. The summed E-state index contributed by atoms with van der Waals surface area (Å²) in [5, 5.41) is 23.3. The van der Waals surface area contributed by atoms with E-state index in [4.69, 9.17) is 4.74 Å². The second-order valence-corrected chi connectivity index (χ2v) is 20.0. The molecule has 3 N–H and O–H groups in total. The largest absolute Gasteiger partial charge is 0.466 e. The highest BCUT2D eigenvalue weighted by Gasteiger charge is 2.20. The molecule has 0 aromatic rings. The number of aliphatic hydroxyl groups is 2. The third kappa shape index (κ3) is 51.6. The zero-order chi connectivity index (χ0) is 47.2. The van der Waals surface area contributed by atoms with E-state index >= 15 is 0 Å². The zero-order valence-electron chi connectivity index (χ0n) is 43.7. The summed E-state index contributed by atoms with van der Waals surface area (Å²) in [6.45, 7) is 4.89. The first kappa shape index (κ1) is 63.3. The highest BCUT2D eigenvalue weighted by Crippen LogP contribution is 2.17. The van der Waals surface area contributed by atoms with Gasteiger partial charge in [0.2, 0.25) is 5.91 Å². The zero-order valence-corrected chi connectivity index (χ0v) is 43.7. The molecule has 0 saturated carbocycles. The van der Waals surface area contributed by atoms with Gasteiger partial charge in [-0.15, -0.1) is 0 Å². The topological polar surface area (TPSA) is 95.9 Å². The van der Waals surface area contributed by atoms with Crippen LogP contribution in [0.25, 0.3) is 0 Å². The standard InChI is InChI=1S/C59H113NO5/c1-3-5-7-9-11-13-15-17-19-20-21-22-23-24-25-26-27-31-35-39-43-47-51-57(62)56(55-61)60-58(63)52-48-44-40-36-32-29-30-34-38-42-46-50-54-65-59(64)53-49-45-41-37-33-28-18-16-14-12-10-8-6-4-2/h10,12,16,18,56-57,61-62H,3-9,11,13-15,17,19-55H2,1-2H3,(H,60,63)/b12-10-,18-16-. The Kier molecular flexibility index (Phi) is 53.5. The van der Waals surface area contributed by atoms with E-state index in [-0.39, 0.29) is 18.5 Å². The van der Waals surface area contributed by atoms with Crippen molar-refractivity contribution in [3.63, 3.8) is 0 Å². The molecule has 1 amide bonds. The lowest BCUT2D eigenvalue weighted by Gasteiger charge is -2.22. The maximum atomic E-state index is 12.5. The van der Waals surface area contributed by atoms with E-state index in [2.05, 4.69) is 43.5 Å². The fraction of sp³-hybridized carbons (Fsp3) is 0.898. The number of unbranched alkanes of at least 4 members (excludes halogenated alkanes) is 39. The minimum atomic E-state index is -0.676. The van der Waals surface area contributed by atoms with Crippen LogP contribution in [-0.4, -0.2) is 47.4 Å². The molecule has 0 heterocycles. The van der Waals surface area contributed by atoms with E-state index in [9.17, 15) is 19.8 Å². The molecule has 6 heteroatoms. The van der Waals surface area contributed by atoms with Gasteiger partial charge in [-0.05, 0) is 51.4 Å². The smallest absolute Gasteiger partial charge is 0.305 e. The maximum Gasteiger partial charge on any atom is 0.305 e. The molecule has 0 radical (unpaired) electrons. The number of allylic oxidation sites excluding steroid dienone is 4. The Balaban J connectivity index is 3.46. The van der Waals surface area contributed by atoms with Crippen molar-refractivity contribution in [3.05, 3.63) is 24.3 Å². The third-order valence-electron chi connectivity index (χ3n) is 13.5. The summed E-state index contributed by atoms with van der Waals surface area (Å²) in [5.41, 5.74) is 0. The molecule has 6 nitrogen and oxygen atoms in total. The van der Waals surface area contributed by atoms with Gasteiger partial charge in [-0.25, -0.2) is 0 Å². The van der Waals surface area contributed by atoms with Crippen LogP contribution in [0, 0.1) is 0 Å². The molecule has 65 heavy (non-hydrogen) atoms. The number of carbonyl (C=O) groups excluding carboxylic acids is 2. The number of amides is 1. The molecule has 0 spiro atoms. The monoisotopic (exact) mass is 916 g/mol. The Hall–Kier alpha value is -1.66. The molecule has 0 aliphatic heterocycles. The van der Waals surface area contributed by atoms with Crippen LogP contribution in [0.5, 0.6) is 0 Å². The molecule has 0 aromatic carbocycles. The van der Waals surface area contributed by atoms with Gasteiger partial charge < -0.3 is 20.3 Å². The molecule has 0 fully saturated rings. The Labute approximate surface area is 405 Å². The SMILES string of the molecule is CCCC/C=C\C/C=C\CCCCCCCC(=O)OCCCCCCCCCCCCCCC(=O)NC(CO)C(O)CCCCCCCCCCCCCCCCCCCCCCCC. The molecule has 0 rings (SSSR count). The van der Waals surface area contributed by atoms with Crippen molar-refractivity contribution < 1.29 is 24.5 Å². The van der Waals surface area contributed by atoms with Crippen molar-refractivity contribution in [2.24, 2.45) is 0 Å². The summed E-state index contributed by atoms with van der Waals surface area (Å²) in [6, 6.07) is -0.555. The van der Waals surface area contributed by atoms with Crippen LogP contribution in [0.1, 0.15) is 316 Å². The maximum absolute atomic E-state index is 12.5. The summed E-state index contributed by atoms with van der Waals surface area (Å²) in [4.78, 5) is 24.5. The summed E-state index contributed by atoms with van der Waals surface area (Å²) in [5.74, 6) is -0.0716.